The van der Waals surface area contributed by atoms with Crippen LogP contribution >= 0.6 is 12.2 Å². The Morgan fingerprint density at radius 1 is 1.25 bits per heavy atom. The molecule has 2 N–H and O–H groups in total. The quantitative estimate of drug-likeness (QED) is 0.763. The SMILES string of the molecule is CCCNC(=S)NC1C[C@@H]2CCC[C@@H](C1)N2CC(C)C. The van der Waals surface area contributed by atoms with E-state index in [9.17, 15) is 0 Å². The van der Waals surface area contributed by atoms with Gasteiger partial charge in [0.25, 0.3) is 0 Å². The monoisotopic (exact) mass is 297 g/mol. The predicted molar refractivity (Wildman–Crippen MR) is 90.0 cm³/mol. The second kappa shape index (κ2) is 7.60. The molecule has 2 rings (SSSR count). The standard InChI is InChI=1S/C16H31N3S/c1-4-8-17-16(20)18-13-9-14-6-5-7-15(10-13)19(14)11-12(2)3/h12-15H,4-11H2,1-3H3,(H2,17,18,20)/t14-,15-/m0/s1. The van der Waals surface area contributed by atoms with Gasteiger partial charge in [-0.2, -0.15) is 0 Å². The summed E-state index contributed by atoms with van der Waals surface area (Å²) in [6.45, 7) is 9.09. The molecular weight excluding hydrogens is 266 g/mol. The Labute approximate surface area is 129 Å². The highest BCUT2D eigenvalue weighted by atomic mass is 32.1. The average molecular weight is 298 g/mol. The van der Waals surface area contributed by atoms with Gasteiger partial charge in [0, 0.05) is 31.2 Å². The first-order valence-corrected chi connectivity index (χ1v) is 8.81. The molecule has 0 aromatic heterocycles. The summed E-state index contributed by atoms with van der Waals surface area (Å²) in [6.07, 6.45) is 7.80. The molecule has 116 valence electrons. The van der Waals surface area contributed by atoms with Crippen LogP contribution in [0.4, 0.5) is 0 Å². The average Bonchev–Trinajstić information content (AvgIpc) is 2.36. The number of hydrogen-bond donors (Lipinski definition) is 2. The van der Waals surface area contributed by atoms with E-state index in [-0.39, 0.29) is 0 Å². The highest BCUT2D eigenvalue weighted by Gasteiger charge is 2.38. The summed E-state index contributed by atoms with van der Waals surface area (Å²) in [6, 6.07) is 2.12. The largest absolute Gasteiger partial charge is 0.363 e. The van der Waals surface area contributed by atoms with Crippen LogP contribution in [-0.4, -0.2) is 41.2 Å². The van der Waals surface area contributed by atoms with Crippen LogP contribution in [0, 0.1) is 5.92 Å². The van der Waals surface area contributed by atoms with Crippen LogP contribution in [0.3, 0.4) is 0 Å². The minimum atomic E-state index is 0.575. The fourth-order valence-corrected chi connectivity index (χ4v) is 4.06. The summed E-state index contributed by atoms with van der Waals surface area (Å²) in [5, 5.41) is 7.70. The molecule has 20 heavy (non-hydrogen) atoms. The maximum Gasteiger partial charge on any atom is 0.166 e. The molecule has 2 fully saturated rings. The van der Waals surface area contributed by atoms with Gasteiger partial charge in [-0.1, -0.05) is 27.2 Å². The molecule has 0 aliphatic carbocycles. The van der Waals surface area contributed by atoms with E-state index in [1.165, 1.54) is 38.6 Å². The van der Waals surface area contributed by atoms with Gasteiger partial charge in [-0.15, -0.1) is 0 Å². The summed E-state index contributed by atoms with van der Waals surface area (Å²) < 4.78 is 0. The molecule has 0 saturated carbocycles. The summed E-state index contributed by atoms with van der Waals surface area (Å²) in [7, 11) is 0. The fraction of sp³-hybridized carbons (Fsp3) is 0.938. The van der Waals surface area contributed by atoms with Crippen molar-refractivity contribution in [3.05, 3.63) is 0 Å². The lowest BCUT2D eigenvalue weighted by molar-refractivity contribution is 0.0190. The molecule has 2 aliphatic heterocycles. The molecule has 2 saturated heterocycles. The third-order valence-electron chi connectivity index (χ3n) is 4.57. The molecule has 2 aliphatic rings. The molecule has 0 aromatic rings. The zero-order valence-corrected chi connectivity index (χ0v) is 14.1. The number of fused-ring (bicyclic) bond motifs is 2. The van der Waals surface area contributed by atoms with E-state index >= 15 is 0 Å². The number of nitrogens with zero attached hydrogens (tertiary/aromatic N) is 1. The van der Waals surface area contributed by atoms with Crippen LogP contribution in [0.15, 0.2) is 0 Å². The van der Waals surface area contributed by atoms with Crippen LogP contribution < -0.4 is 10.6 Å². The Morgan fingerprint density at radius 2 is 1.90 bits per heavy atom. The smallest absolute Gasteiger partial charge is 0.166 e. The third-order valence-corrected chi connectivity index (χ3v) is 4.83. The molecule has 2 atom stereocenters. The van der Waals surface area contributed by atoms with Crippen LogP contribution in [0.1, 0.15) is 59.3 Å². The predicted octanol–water partition coefficient (Wildman–Crippen LogP) is 2.90. The Balaban J connectivity index is 1.86. The summed E-state index contributed by atoms with van der Waals surface area (Å²) in [4.78, 5) is 2.79. The van der Waals surface area contributed by atoms with Crippen molar-refractivity contribution in [2.45, 2.75) is 77.4 Å². The number of thiocarbonyl (C=S) groups is 1. The minimum absolute atomic E-state index is 0.575. The van der Waals surface area contributed by atoms with E-state index in [1.54, 1.807) is 0 Å². The van der Waals surface area contributed by atoms with Gasteiger partial charge in [0.2, 0.25) is 0 Å². The lowest BCUT2D eigenvalue weighted by atomic mass is 9.81. The Kier molecular flexibility index (Phi) is 6.09. The summed E-state index contributed by atoms with van der Waals surface area (Å²) in [5.74, 6) is 0.773. The van der Waals surface area contributed by atoms with E-state index < -0.39 is 0 Å². The molecular formula is C16H31N3S. The highest BCUT2D eigenvalue weighted by molar-refractivity contribution is 7.80. The second-order valence-corrected chi connectivity index (χ2v) is 7.31. The molecule has 0 unspecified atom stereocenters. The van der Waals surface area contributed by atoms with Crippen molar-refractivity contribution in [2.24, 2.45) is 5.92 Å². The molecule has 2 heterocycles. The summed E-state index contributed by atoms with van der Waals surface area (Å²) in [5.41, 5.74) is 0. The van der Waals surface area contributed by atoms with Crippen molar-refractivity contribution < 1.29 is 0 Å². The van der Waals surface area contributed by atoms with E-state index in [0.717, 1.165) is 36.1 Å². The van der Waals surface area contributed by atoms with Crippen molar-refractivity contribution in [1.82, 2.24) is 15.5 Å². The van der Waals surface area contributed by atoms with Gasteiger partial charge in [-0.3, -0.25) is 4.90 Å². The number of rotatable bonds is 5. The van der Waals surface area contributed by atoms with Crippen molar-refractivity contribution in [3.63, 3.8) is 0 Å². The first-order chi connectivity index (χ1) is 9.60. The molecule has 0 radical (unpaired) electrons. The van der Waals surface area contributed by atoms with E-state index in [0.29, 0.717) is 6.04 Å². The molecule has 0 spiro atoms. The zero-order valence-electron chi connectivity index (χ0n) is 13.3. The number of hydrogen-bond acceptors (Lipinski definition) is 2. The van der Waals surface area contributed by atoms with Crippen molar-refractivity contribution in [1.29, 1.82) is 0 Å². The van der Waals surface area contributed by atoms with E-state index in [2.05, 4.69) is 36.3 Å². The number of piperidine rings is 2. The maximum atomic E-state index is 5.40. The fourth-order valence-electron chi connectivity index (χ4n) is 3.79. The molecule has 4 heteroatoms. The van der Waals surface area contributed by atoms with Crippen molar-refractivity contribution in [2.75, 3.05) is 13.1 Å². The van der Waals surface area contributed by atoms with Crippen molar-refractivity contribution in [3.8, 4) is 0 Å². The number of nitrogens with one attached hydrogen (secondary N) is 2. The lowest BCUT2D eigenvalue weighted by Crippen LogP contribution is -2.58. The van der Waals surface area contributed by atoms with Gasteiger partial charge >= 0.3 is 0 Å². The Bertz CT molecular complexity index is 305. The first kappa shape index (κ1) is 16.0. The molecule has 2 bridgehead atoms. The topological polar surface area (TPSA) is 27.3 Å². The molecule has 0 aromatic carbocycles. The molecule has 0 amide bonds. The van der Waals surface area contributed by atoms with Gasteiger partial charge in [-0.05, 0) is 50.2 Å². The van der Waals surface area contributed by atoms with Gasteiger partial charge in [-0.25, -0.2) is 0 Å². The summed E-state index contributed by atoms with van der Waals surface area (Å²) >= 11 is 5.40. The van der Waals surface area contributed by atoms with E-state index in [1.807, 2.05) is 0 Å². The highest BCUT2D eigenvalue weighted by Crippen LogP contribution is 2.34. The normalized spacial score (nSPS) is 30.3. The Hall–Kier alpha value is -0.350. The second-order valence-electron chi connectivity index (χ2n) is 6.90. The van der Waals surface area contributed by atoms with E-state index in [4.69, 9.17) is 12.2 Å². The zero-order chi connectivity index (χ0) is 14.5. The Morgan fingerprint density at radius 3 is 2.45 bits per heavy atom. The minimum Gasteiger partial charge on any atom is -0.363 e. The van der Waals surface area contributed by atoms with Crippen molar-refractivity contribution >= 4 is 17.3 Å². The van der Waals surface area contributed by atoms with Crippen LogP contribution in [0.2, 0.25) is 0 Å². The van der Waals surface area contributed by atoms with Crippen LogP contribution in [-0.2, 0) is 0 Å². The first-order valence-electron chi connectivity index (χ1n) is 8.40. The maximum absolute atomic E-state index is 5.40. The van der Waals surface area contributed by atoms with Gasteiger partial charge in [0.05, 0.1) is 0 Å². The molecule has 3 nitrogen and oxygen atoms in total. The van der Waals surface area contributed by atoms with Crippen LogP contribution in [0.25, 0.3) is 0 Å². The van der Waals surface area contributed by atoms with Crippen LogP contribution in [0.5, 0.6) is 0 Å². The lowest BCUT2D eigenvalue weighted by Gasteiger charge is -2.49. The van der Waals surface area contributed by atoms with Gasteiger partial charge in [0.15, 0.2) is 5.11 Å². The van der Waals surface area contributed by atoms with Gasteiger partial charge in [0.1, 0.15) is 0 Å². The third kappa shape index (κ3) is 4.32. The van der Waals surface area contributed by atoms with Gasteiger partial charge < -0.3 is 10.6 Å².